The second kappa shape index (κ2) is 9.59. The van der Waals surface area contributed by atoms with E-state index in [4.69, 9.17) is 9.47 Å². The summed E-state index contributed by atoms with van der Waals surface area (Å²) in [5.41, 5.74) is 1.87. The fraction of sp³-hybridized carbons (Fsp3) is 0.227. The molecule has 0 aliphatic carbocycles. The van der Waals surface area contributed by atoms with Gasteiger partial charge in [-0.05, 0) is 5.56 Å². The zero-order chi connectivity index (χ0) is 23.5. The van der Waals surface area contributed by atoms with E-state index in [0.29, 0.717) is 16.4 Å². The Morgan fingerprint density at radius 1 is 1.18 bits per heavy atom. The Morgan fingerprint density at radius 3 is 2.64 bits per heavy atom. The van der Waals surface area contributed by atoms with Crippen LogP contribution < -0.4 is 5.56 Å². The molecule has 0 amide bonds. The summed E-state index contributed by atoms with van der Waals surface area (Å²) in [4.78, 5) is 49.2. The maximum absolute atomic E-state index is 12.9. The van der Waals surface area contributed by atoms with Crippen LogP contribution in [0.5, 0.6) is 0 Å². The minimum absolute atomic E-state index is 0.164. The lowest BCUT2D eigenvalue weighted by molar-refractivity contribution is -0.139. The summed E-state index contributed by atoms with van der Waals surface area (Å²) in [6.07, 6.45) is 1.58. The van der Waals surface area contributed by atoms with Gasteiger partial charge >= 0.3 is 11.9 Å². The van der Waals surface area contributed by atoms with Gasteiger partial charge in [-0.1, -0.05) is 42.1 Å². The SMILES string of the molecule is COC(=O)Cc1c(C(=O)OC)sc2nc(CSc3ncc(-c4ccccc4)n3C)[nH]c(=O)c12. The van der Waals surface area contributed by atoms with E-state index in [2.05, 4.69) is 15.0 Å². The van der Waals surface area contributed by atoms with Gasteiger partial charge in [-0.2, -0.15) is 0 Å². The molecule has 0 aliphatic rings. The number of ether oxygens (including phenoxy) is 2. The molecule has 4 rings (SSSR count). The molecule has 0 bridgehead atoms. The molecular weight excluding hydrogens is 464 g/mol. The number of nitrogens with one attached hydrogen (secondary N) is 1. The van der Waals surface area contributed by atoms with Crippen molar-refractivity contribution < 1.29 is 19.1 Å². The Bertz CT molecular complexity index is 1390. The van der Waals surface area contributed by atoms with E-state index >= 15 is 0 Å². The standard InChI is InChI=1S/C22H20N4O5S2/c1-26-14(12-7-5-4-6-8-12)10-23-22(26)32-11-15-24-19(28)17-13(9-16(27)30-2)18(21(29)31-3)33-20(17)25-15/h4-8,10H,9,11H2,1-3H3,(H,24,25,28). The molecule has 3 heterocycles. The van der Waals surface area contributed by atoms with Crippen LogP contribution in [-0.2, 0) is 33.5 Å². The van der Waals surface area contributed by atoms with E-state index in [1.165, 1.54) is 26.0 Å². The molecule has 1 aromatic carbocycles. The smallest absolute Gasteiger partial charge is 0.348 e. The van der Waals surface area contributed by atoms with Crippen LogP contribution >= 0.6 is 23.1 Å². The number of H-pyrrole nitrogens is 1. The fourth-order valence-corrected chi connectivity index (χ4v) is 5.31. The van der Waals surface area contributed by atoms with E-state index in [1.807, 2.05) is 41.9 Å². The Labute approximate surface area is 196 Å². The summed E-state index contributed by atoms with van der Waals surface area (Å²) in [5.74, 6) is -0.400. The third-order valence-electron chi connectivity index (χ3n) is 4.98. The van der Waals surface area contributed by atoms with Crippen LogP contribution in [0.2, 0.25) is 0 Å². The summed E-state index contributed by atoms with van der Waals surface area (Å²) in [5, 5.41) is 0.965. The van der Waals surface area contributed by atoms with Crippen molar-refractivity contribution in [3.8, 4) is 11.3 Å². The molecule has 0 radical (unpaired) electrons. The van der Waals surface area contributed by atoms with Crippen molar-refractivity contribution in [2.75, 3.05) is 14.2 Å². The van der Waals surface area contributed by atoms with Gasteiger partial charge in [0.05, 0.1) is 43.7 Å². The molecule has 0 unspecified atom stereocenters. The number of rotatable bonds is 7. The highest BCUT2D eigenvalue weighted by Crippen LogP contribution is 2.30. The van der Waals surface area contributed by atoms with Crippen molar-refractivity contribution in [2.45, 2.75) is 17.3 Å². The van der Waals surface area contributed by atoms with E-state index in [-0.39, 0.29) is 22.2 Å². The molecule has 11 heteroatoms. The molecule has 0 atom stereocenters. The van der Waals surface area contributed by atoms with Crippen LogP contribution in [0.4, 0.5) is 0 Å². The van der Waals surface area contributed by atoms with Crippen molar-refractivity contribution in [1.29, 1.82) is 0 Å². The maximum atomic E-state index is 12.9. The molecule has 0 spiro atoms. The molecule has 0 fully saturated rings. The van der Waals surface area contributed by atoms with Crippen LogP contribution in [0, 0.1) is 0 Å². The maximum Gasteiger partial charge on any atom is 0.348 e. The first-order valence-corrected chi connectivity index (χ1v) is 11.6. The number of benzene rings is 1. The van der Waals surface area contributed by atoms with Gasteiger partial charge < -0.3 is 19.0 Å². The largest absolute Gasteiger partial charge is 0.469 e. The van der Waals surface area contributed by atoms with Crippen molar-refractivity contribution in [3.63, 3.8) is 0 Å². The lowest BCUT2D eigenvalue weighted by atomic mass is 10.1. The van der Waals surface area contributed by atoms with E-state index in [1.54, 1.807) is 6.20 Å². The number of aromatic nitrogens is 4. The lowest BCUT2D eigenvalue weighted by Crippen LogP contribution is -2.15. The van der Waals surface area contributed by atoms with Crippen LogP contribution in [-0.4, -0.2) is 45.7 Å². The number of imidazole rings is 1. The monoisotopic (exact) mass is 484 g/mol. The molecule has 0 saturated heterocycles. The number of carbonyl (C=O) groups excluding carboxylic acids is 2. The molecular formula is C22H20N4O5S2. The molecule has 3 aromatic heterocycles. The Hall–Kier alpha value is -3.44. The molecule has 9 nitrogen and oxygen atoms in total. The van der Waals surface area contributed by atoms with Gasteiger partial charge in [-0.15, -0.1) is 11.3 Å². The van der Waals surface area contributed by atoms with Gasteiger partial charge in [0, 0.05) is 12.6 Å². The molecule has 1 N–H and O–H groups in total. The molecule has 170 valence electrons. The highest BCUT2D eigenvalue weighted by Gasteiger charge is 2.25. The van der Waals surface area contributed by atoms with Crippen molar-refractivity contribution in [2.24, 2.45) is 7.05 Å². The van der Waals surface area contributed by atoms with E-state index in [0.717, 1.165) is 27.8 Å². The Morgan fingerprint density at radius 2 is 1.94 bits per heavy atom. The number of aromatic amines is 1. The highest BCUT2D eigenvalue weighted by atomic mass is 32.2. The number of hydrogen-bond acceptors (Lipinski definition) is 9. The van der Waals surface area contributed by atoms with Gasteiger partial charge in [0.1, 0.15) is 15.5 Å². The summed E-state index contributed by atoms with van der Waals surface area (Å²) < 4.78 is 11.5. The van der Waals surface area contributed by atoms with Gasteiger partial charge in [0.25, 0.3) is 5.56 Å². The number of methoxy groups -OCH3 is 2. The van der Waals surface area contributed by atoms with Crippen LogP contribution in [0.3, 0.4) is 0 Å². The molecule has 33 heavy (non-hydrogen) atoms. The summed E-state index contributed by atoms with van der Waals surface area (Å²) in [7, 11) is 4.41. The summed E-state index contributed by atoms with van der Waals surface area (Å²) >= 11 is 2.45. The topological polar surface area (TPSA) is 116 Å². The fourth-order valence-electron chi connectivity index (χ4n) is 3.36. The number of fused-ring (bicyclic) bond motifs is 1. The number of carbonyl (C=O) groups is 2. The van der Waals surface area contributed by atoms with Gasteiger partial charge in [0.2, 0.25) is 0 Å². The number of thiophene rings is 1. The van der Waals surface area contributed by atoms with Crippen LogP contribution in [0.25, 0.3) is 21.5 Å². The second-order valence-electron chi connectivity index (χ2n) is 6.99. The Kier molecular flexibility index (Phi) is 6.61. The number of esters is 2. The number of nitrogens with zero attached hydrogens (tertiary/aromatic N) is 3. The summed E-state index contributed by atoms with van der Waals surface area (Å²) in [6.45, 7) is 0. The van der Waals surface area contributed by atoms with Crippen molar-refractivity contribution in [1.82, 2.24) is 19.5 Å². The summed E-state index contributed by atoms with van der Waals surface area (Å²) in [6, 6.07) is 9.93. The molecule has 0 aliphatic heterocycles. The van der Waals surface area contributed by atoms with Crippen LogP contribution in [0.15, 0.2) is 46.5 Å². The second-order valence-corrected chi connectivity index (χ2v) is 8.93. The minimum Gasteiger partial charge on any atom is -0.469 e. The third-order valence-corrected chi connectivity index (χ3v) is 7.14. The van der Waals surface area contributed by atoms with E-state index < -0.39 is 17.5 Å². The van der Waals surface area contributed by atoms with Gasteiger partial charge in [0.15, 0.2) is 5.16 Å². The zero-order valence-corrected chi connectivity index (χ0v) is 19.7. The van der Waals surface area contributed by atoms with Crippen molar-refractivity contribution in [3.05, 3.63) is 63.1 Å². The quantitative estimate of drug-likeness (QED) is 0.314. The predicted molar refractivity (Wildman–Crippen MR) is 126 cm³/mol. The first-order valence-electron chi connectivity index (χ1n) is 9.82. The zero-order valence-electron chi connectivity index (χ0n) is 18.1. The number of thioether (sulfide) groups is 1. The average molecular weight is 485 g/mol. The van der Waals surface area contributed by atoms with Gasteiger partial charge in [-0.3, -0.25) is 9.59 Å². The lowest BCUT2D eigenvalue weighted by Gasteiger charge is -2.06. The third kappa shape index (κ3) is 4.55. The highest BCUT2D eigenvalue weighted by molar-refractivity contribution is 7.98. The van der Waals surface area contributed by atoms with Crippen molar-refractivity contribution >= 4 is 45.3 Å². The molecule has 0 saturated carbocycles. The number of hydrogen-bond donors (Lipinski definition) is 1. The Balaban J connectivity index is 1.64. The average Bonchev–Trinajstić information content (AvgIpc) is 3.38. The normalized spacial score (nSPS) is 11.0. The predicted octanol–water partition coefficient (Wildman–Crippen LogP) is 3.18. The van der Waals surface area contributed by atoms with Crippen LogP contribution in [0.1, 0.15) is 21.1 Å². The van der Waals surface area contributed by atoms with Gasteiger partial charge in [-0.25, -0.2) is 14.8 Å². The first kappa shape index (κ1) is 22.7. The van der Waals surface area contributed by atoms with E-state index in [9.17, 15) is 14.4 Å². The minimum atomic E-state index is -0.631. The molecule has 4 aromatic rings. The first-order chi connectivity index (χ1) is 15.9.